The highest BCUT2D eigenvalue weighted by Crippen LogP contribution is 2.18. The Labute approximate surface area is 173 Å². The number of rotatable bonds is 9. The van der Waals surface area contributed by atoms with Gasteiger partial charge in [-0.25, -0.2) is 0 Å². The summed E-state index contributed by atoms with van der Waals surface area (Å²) in [6, 6.07) is 8.12. The van der Waals surface area contributed by atoms with E-state index in [2.05, 4.69) is 34.8 Å². The van der Waals surface area contributed by atoms with Gasteiger partial charge in [-0.05, 0) is 42.9 Å². The molecule has 1 aromatic carbocycles. The molecule has 146 valence electrons. The van der Waals surface area contributed by atoms with Crippen LogP contribution in [0.5, 0.6) is 5.75 Å². The minimum Gasteiger partial charge on any atom is -0.484 e. The fourth-order valence-corrected chi connectivity index (χ4v) is 2.28. The minimum atomic E-state index is -0.0548. The molecule has 0 spiro atoms. The maximum absolute atomic E-state index is 11.7. The van der Waals surface area contributed by atoms with Crippen LogP contribution in [0.3, 0.4) is 0 Å². The summed E-state index contributed by atoms with van der Waals surface area (Å²) in [5.74, 6) is 2.10. The normalized spacial score (nSPS) is 13.8. The van der Waals surface area contributed by atoms with Crippen LogP contribution in [-0.2, 0) is 11.3 Å². The van der Waals surface area contributed by atoms with E-state index in [0.29, 0.717) is 24.3 Å². The Hall–Kier alpha value is -1.51. The first-order chi connectivity index (χ1) is 12.1. The Balaban J connectivity index is 0.00000338. The molecule has 1 amide bonds. The van der Waals surface area contributed by atoms with E-state index >= 15 is 0 Å². The lowest BCUT2D eigenvalue weighted by atomic mass is 10.1. The average molecular weight is 474 g/mol. The second kappa shape index (κ2) is 12.0. The maximum Gasteiger partial charge on any atom is 0.258 e. The number of amides is 1. The summed E-state index contributed by atoms with van der Waals surface area (Å²) in [5.41, 5.74) is 1.08. The van der Waals surface area contributed by atoms with Crippen molar-refractivity contribution in [2.45, 2.75) is 45.7 Å². The molecule has 0 radical (unpaired) electrons. The van der Waals surface area contributed by atoms with Gasteiger partial charge in [0.2, 0.25) is 0 Å². The molecular weight excluding hydrogens is 443 g/mol. The van der Waals surface area contributed by atoms with Gasteiger partial charge in [-0.3, -0.25) is 9.79 Å². The van der Waals surface area contributed by atoms with E-state index in [-0.39, 0.29) is 36.5 Å². The lowest BCUT2D eigenvalue weighted by Gasteiger charge is -2.13. The zero-order valence-corrected chi connectivity index (χ0v) is 18.2. The monoisotopic (exact) mass is 474 g/mol. The molecule has 1 aliphatic carbocycles. The van der Waals surface area contributed by atoms with Gasteiger partial charge in [-0.15, -0.1) is 24.0 Å². The van der Waals surface area contributed by atoms with Crippen LogP contribution < -0.4 is 20.7 Å². The Bertz CT molecular complexity index is 589. The van der Waals surface area contributed by atoms with E-state index in [1.807, 2.05) is 24.3 Å². The summed E-state index contributed by atoms with van der Waals surface area (Å²) < 4.78 is 5.58. The third-order valence-corrected chi connectivity index (χ3v) is 3.91. The standard InChI is InChI=1S/C19H30N4O2.HI/c1-14(2)9-10-21-19(20-3)22-12-15-5-4-6-17(11-15)25-13-18(24)23-16-7-8-16;/h4-6,11,14,16H,7-10,12-13H2,1-3H3,(H,23,24)(H2,20,21,22);1H. The summed E-state index contributed by atoms with van der Waals surface area (Å²) >= 11 is 0. The topological polar surface area (TPSA) is 74.8 Å². The summed E-state index contributed by atoms with van der Waals surface area (Å²) in [7, 11) is 1.77. The van der Waals surface area contributed by atoms with Crippen LogP contribution in [0.4, 0.5) is 0 Å². The van der Waals surface area contributed by atoms with E-state index in [1.165, 1.54) is 0 Å². The van der Waals surface area contributed by atoms with Gasteiger partial charge in [0.25, 0.3) is 5.91 Å². The first-order valence-electron chi connectivity index (χ1n) is 9.02. The Kier molecular flexibility index (Phi) is 10.4. The number of ether oxygens (including phenoxy) is 1. The molecule has 0 aromatic heterocycles. The van der Waals surface area contributed by atoms with Crippen molar-refractivity contribution in [2.75, 3.05) is 20.2 Å². The van der Waals surface area contributed by atoms with Crippen molar-refractivity contribution in [1.29, 1.82) is 0 Å². The van der Waals surface area contributed by atoms with Crippen molar-refractivity contribution >= 4 is 35.8 Å². The van der Waals surface area contributed by atoms with Crippen LogP contribution >= 0.6 is 24.0 Å². The molecule has 2 rings (SSSR count). The number of hydrogen-bond donors (Lipinski definition) is 3. The molecule has 1 aliphatic rings. The van der Waals surface area contributed by atoms with Crippen LogP contribution in [0.1, 0.15) is 38.7 Å². The van der Waals surface area contributed by atoms with Crippen LogP contribution in [-0.4, -0.2) is 38.1 Å². The number of nitrogens with one attached hydrogen (secondary N) is 3. The van der Waals surface area contributed by atoms with E-state index in [0.717, 1.165) is 37.3 Å². The first-order valence-corrected chi connectivity index (χ1v) is 9.02. The molecular formula is C19H31IN4O2. The number of hydrogen-bond acceptors (Lipinski definition) is 3. The zero-order chi connectivity index (χ0) is 18.1. The van der Waals surface area contributed by atoms with E-state index in [4.69, 9.17) is 4.74 Å². The minimum absolute atomic E-state index is 0. The molecule has 0 saturated heterocycles. The van der Waals surface area contributed by atoms with Gasteiger partial charge >= 0.3 is 0 Å². The van der Waals surface area contributed by atoms with Crippen LogP contribution in [0, 0.1) is 5.92 Å². The number of nitrogens with zero attached hydrogens (tertiary/aromatic N) is 1. The van der Waals surface area contributed by atoms with Gasteiger partial charge in [0.1, 0.15) is 5.75 Å². The summed E-state index contributed by atoms with van der Waals surface area (Å²) in [6.45, 7) is 6.01. The predicted octanol–water partition coefficient (Wildman–Crippen LogP) is 2.67. The molecule has 3 N–H and O–H groups in total. The van der Waals surface area contributed by atoms with Crippen molar-refractivity contribution in [1.82, 2.24) is 16.0 Å². The SMILES string of the molecule is CN=C(NCCC(C)C)NCc1cccc(OCC(=O)NC2CC2)c1.I. The van der Waals surface area contributed by atoms with Gasteiger partial charge in [0.15, 0.2) is 12.6 Å². The number of guanidine groups is 1. The quantitative estimate of drug-likeness (QED) is 0.292. The van der Waals surface area contributed by atoms with Gasteiger partial charge in [0.05, 0.1) is 0 Å². The third-order valence-electron chi connectivity index (χ3n) is 3.91. The largest absolute Gasteiger partial charge is 0.484 e. The van der Waals surface area contributed by atoms with Crippen LogP contribution in [0.15, 0.2) is 29.3 Å². The fourth-order valence-electron chi connectivity index (χ4n) is 2.28. The van der Waals surface area contributed by atoms with E-state index in [1.54, 1.807) is 7.05 Å². The Morgan fingerprint density at radius 1 is 1.31 bits per heavy atom. The van der Waals surface area contributed by atoms with Crippen molar-refractivity contribution < 1.29 is 9.53 Å². The first kappa shape index (κ1) is 22.5. The molecule has 0 atom stereocenters. The second-order valence-electron chi connectivity index (χ2n) is 6.81. The number of carbonyl (C=O) groups is 1. The number of aliphatic imine (C=N–C) groups is 1. The Morgan fingerprint density at radius 3 is 2.73 bits per heavy atom. The van der Waals surface area contributed by atoms with Crippen LogP contribution in [0.25, 0.3) is 0 Å². The molecule has 7 heteroatoms. The molecule has 0 unspecified atom stereocenters. The smallest absolute Gasteiger partial charge is 0.258 e. The fraction of sp³-hybridized carbons (Fsp3) is 0.579. The third kappa shape index (κ3) is 9.26. The highest BCUT2D eigenvalue weighted by molar-refractivity contribution is 14.0. The molecule has 0 bridgehead atoms. The van der Waals surface area contributed by atoms with E-state index in [9.17, 15) is 4.79 Å². The molecule has 6 nitrogen and oxygen atoms in total. The molecule has 0 heterocycles. The van der Waals surface area contributed by atoms with Gasteiger partial charge < -0.3 is 20.7 Å². The molecule has 1 saturated carbocycles. The van der Waals surface area contributed by atoms with Gasteiger partial charge in [-0.1, -0.05) is 26.0 Å². The van der Waals surface area contributed by atoms with Gasteiger partial charge in [0, 0.05) is 26.2 Å². The number of carbonyl (C=O) groups excluding carboxylic acids is 1. The maximum atomic E-state index is 11.7. The van der Waals surface area contributed by atoms with Crippen LogP contribution in [0.2, 0.25) is 0 Å². The highest BCUT2D eigenvalue weighted by Gasteiger charge is 2.23. The molecule has 1 aromatic rings. The highest BCUT2D eigenvalue weighted by atomic mass is 127. The summed E-state index contributed by atoms with van der Waals surface area (Å²) in [5, 5.41) is 9.51. The average Bonchev–Trinajstić information content (AvgIpc) is 3.40. The molecule has 0 aliphatic heterocycles. The predicted molar refractivity (Wildman–Crippen MR) is 116 cm³/mol. The lowest BCUT2D eigenvalue weighted by Crippen LogP contribution is -2.37. The number of benzene rings is 1. The van der Waals surface area contributed by atoms with E-state index < -0.39 is 0 Å². The van der Waals surface area contributed by atoms with Crippen molar-refractivity contribution in [3.05, 3.63) is 29.8 Å². The lowest BCUT2D eigenvalue weighted by molar-refractivity contribution is -0.123. The summed E-state index contributed by atoms with van der Waals surface area (Å²) in [4.78, 5) is 15.9. The van der Waals surface area contributed by atoms with Crippen molar-refractivity contribution in [3.63, 3.8) is 0 Å². The van der Waals surface area contributed by atoms with Crippen molar-refractivity contribution in [3.8, 4) is 5.75 Å². The van der Waals surface area contributed by atoms with Crippen molar-refractivity contribution in [2.24, 2.45) is 10.9 Å². The molecule has 26 heavy (non-hydrogen) atoms. The Morgan fingerprint density at radius 2 is 2.08 bits per heavy atom. The second-order valence-corrected chi connectivity index (χ2v) is 6.81. The summed E-state index contributed by atoms with van der Waals surface area (Å²) in [6.07, 6.45) is 3.27. The van der Waals surface area contributed by atoms with Gasteiger partial charge in [-0.2, -0.15) is 0 Å². The molecule has 1 fully saturated rings. The number of halogens is 1. The zero-order valence-electron chi connectivity index (χ0n) is 15.9.